The number of rotatable bonds is 4. The van der Waals surface area contributed by atoms with Crippen LogP contribution in [0.4, 0.5) is 0 Å². The van der Waals surface area contributed by atoms with Crippen LogP contribution in [0.1, 0.15) is 13.3 Å². The Morgan fingerprint density at radius 3 is 2.45 bits per heavy atom. The highest BCUT2D eigenvalue weighted by atomic mass is 32.2. The van der Waals surface area contributed by atoms with Gasteiger partial charge < -0.3 is 4.74 Å². The van der Waals surface area contributed by atoms with Crippen molar-refractivity contribution in [1.82, 2.24) is 0 Å². The second kappa shape index (κ2) is 5.18. The fourth-order valence-corrected chi connectivity index (χ4v) is 0.836. The fraction of sp³-hybridized carbons (Fsp3) is 0.714. The molecule has 0 amide bonds. The normalized spacial score (nSPS) is 12.3. The Morgan fingerprint density at radius 1 is 1.55 bits per heavy atom. The highest BCUT2D eigenvalue weighted by Gasteiger charge is 2.15. The Kier molecular flexibility index (Phi) is 4.94. The van der Waals surface area contributed by atoms with Gasteiger partial charge in [-0.1, -0.05) is 0 Å². The SMILES string of the molecule is COC(=O)CC(=O)C(C)SC. The maximum Gasteiger partial charge on any atom is 0.313 e. The minimum atomic E-state index is -0.462. The van der Waals surface area contributed by atoms with E-state index >= 15 is 0 Å². The Balaban J connectivity index is 3.77. The van der Waals surface area contributed by atoms with Crippen LogP contribution in [0.2, 0.25) is 0 Å². The van der Waals surface area contributed by atoms with Crippen LogP contribution in [0.3, 0.4) is 0 Å². The molecule has 0 saturated heterocycles. The molecule has 0 aromatic rings. The van der Waals surface area contributed by atoms with Crippen LogP contribution in [0, 0.1) is 0 Å². The van der Waals surface area contributed by atoms with Crippen molar-refractivity contribution in [3.63, 3.8) is 0 Å². The van der Waals surface area contributed by atoms with Gasteiger partial charge in [0, 0.05) is 0 Å². The zero-order valence-electron chi connectivity index (χ0n) is 6.92. The number of thioether (sulfide) groups is 1. The lowest BCUT2D eigenvalue weighted by molar-refractivity contribution is -0.143. The van der Waals surface area contributed by atoms with Gasteiger partial charge in [0.15, 0.2) is 5.78 Å². The predicted molar refractivity (Wildman–Crippen MR) is 44.6 cm³/mol. The Bertz CT molecular complexity index is 156. The first-order chi connectivity index (χ1) is 5.11. The monoisotopic (exact) mass is 176 g/mol. The molecule has 3 nitrogen and oxygen atoms in total. The van der Waals surface area contributed by atoms with E-state index < -0.39 is 5.97 Å². The van der Waals surface area contributed by atoms with Gasteiger partial charge in [-0.2, -0.15) is 11.8 Å². The molecule has 0 aliphatic carbocycles. The molecule has 0 aliphatic heterocycles. The summed E-state index contributed by atoms with van der Waals surface area (Å²) in [5.41, 5.74) is 0. The van der Waals surface area contributed by atoms with Gasteiger partial charge in [0.05, 0.1) is 12.4 Å². The van der Waals surface area contributed by atoms with Crippen molar-refractivity contribution >= 4 is 23.5 Å². The van der Waals surface area contributed by atoms with E-state index in [0.29, 0.717) is 0 Å². The summed E-state index contributed by atoms with van der Waals surface area (Å²) in [6.45, 7) is 1.77. The van der Waals surface area contributed by atoms with Crippen molar-refractivity contribution < 1.29 is 14.3 Å². The number of ether oxygens (including phenoxy) is 1. The second-order valence-electron chi connectivity index (χ2n) is 2.10. The number of carbonyl (C=O) groups excluding carboxylic acids is 2. The van der Waals surface area contributed by atoms with E-state index in [1.54, 1.807) is 6.92 Å². The van der Waals surface area contributed by atoms with Crippen LogP contribution in [-0.2, 0) is 14.3 Å². The van der Waals surface area contributed by atoms with Crippen molar-refractivity contribution in [3.05, 3.63) is 0 Å². The van der Waals surface area contributed by atoms with E-state index in [9.17, 15) is 9.59 Å². The van der Waals surface area contributed by atoms with Crippen molar-refractivity contribution in [2.75, 3.05) is 13.4 Å². The molecule has 0 saturated carbocycles. The van der Waals surface area contributed by atoms with Crippen LogP contribution in [-0.4, -0.2) is 30.4 Å². The summed E-state index contributed by atoms with van der Waals surface area (Å²) in [4.78, 5) is 21.6. The van der Waals surface area contributed by atoms with Crippen molar-refractivity contribution in [2.24, 2.45) is 0 Å². The average molecular weight is 176 g/mol. The number of ketones is 1. The summed E-state index contributed by atoms with van der Waals surface area (Å²) in [5, 5.41) is -0.117. The first-order valence-electron chi connectivity index (χ1n) is 3.24. The second-order valence-corrected chi connectivity index (χ2v) is 3.28. The lowest BCUT2D eigenvalue weighted by atomic mass is 10.2. The quantitative estimate of drug-likeness (QED) is 0.471. The van der Waals surface area contributed by atoms with Gasteiger partial charge in [-0.25, -0.2) is 0 Å². The third-order valence-electron chi connectivity index (χ3n) is 1.35. The number of carbonyl (C=O) groups is 2. The molecule has 0 bridgehead atoms. The fourth-order valence-electron chi connectivity index (χ4n) is 0.490. The number of esters is 1. The molecule has 0 aromatic heterocycles. The van der Waals surface area contributed by atoms with E-state index in [0.717, 1.165) is 0 Å². The highest BCUT2D eigenvalue weighted by Crippen LogP contribution is 2.08. The Labute approximate surface area is 70.5 Å². The third-order valence-corrected chi connectivity index (χ3v) is 2.32. The Hall–Kier alpha value is -0.510. The smallest absolute Gasteiger partial charge is 0.313 e. The summed E-state index contributed by atoms with van der Waals surface area (Å²) < 4.78 is 4.35. The molecule has 0 heterocycles. The van der Waals surface area contributed by atoms with Gasteiger partial charge in [0.1, 0.15) is 6.42 Å². The number of methoxy groups -OCH3 is 1. The number of Topliss-reactive ketones (excluding diaryl/α,β-unsaturated/α-hetero) is 1. The van der Waals surface area contributed by atoms with Crippen LogP contribution < -0.4 is 0 Å². The number of hydrogen-bond donors (Lipinski definition) is 0. The van der Waals surface area contributed by atoms with Crippen molar-refractivity contribution in [1.29, 1.82) is 0 Å². The van der Waals surface area contributed by atoms with Crippen LogP contribution in [0.25, 0.3) is 0 Å². The minimum absolute atomic E-state index is 0.0793. The van der Waals surface area contributed by atoms with E-state index in [1.807, 2.05) is 6.26 Å². The molecule has 1 atom stereocenters. The Morgan fingerprint density at radius 2 is 2.09 bits per heavy atom. The van der Waals surface area contributed by atoms with E-state index in [4.69, 9.17) is 0 Å². The van der Waals surface area contributed by atoms with Gasteiger partial charge in [0.25, 0.3) is 0 Å². The molecule has 0 aliphatic rings. The van der Waals surface area contributed by atoms with Crippen molar-refractivity contribution in [3.8, 4) is 0 Å². The molecule has 64 valence electrons. The van der Waals surface area contributed by atoms with Gasteiger partial charge in [-0.15, -0.1) is 0 Å². The summed E-state index contributed by atoms with van der Waals surface area (Å²) in [6, 6.07) is 0. The van der Waals surface area contributed by atoms with Crippen LogP contribution in [0.15, 0.2) is 0 Å². The highest BCUT2D eigenvalue weighted by molar-refractivity contribution is 7.99. The maximum atomic E-state index is 11.0. The number of hydrogen-bond acceptors (Lipinski definition) is 4. The van der Waals surface area contributed by atoms with Gasteiger partial charge in [-0.3, -0.25) is 9.59 Å². The minimum Gasteiger partial charge on any atom is -0.469 e. The molecule has 0 N–H and O–H groups in total. The molecule has 0 radical (unpaired) electrons. The standard InChI is InChI=1S/C7H12O3S/c1-5(11-3)6(8)4-7(9)10-2/h5H,4H2,1-3H3. The van der Waals surface area contributed by atoms with Gasteiger partial charge in [-0.05, 0) is 13.2 Å². The topological polar surface area (TPSA) is 43.4 Å². The van der Waals surface area contributed by atoms with E-state index in [2.05, 4.69) is 4.74 Å². The first-order valence-corrected chi connectivity index (χ1v) is 4.53. The summed E-state index contributed by atoms with van der Waals surface area (Å²) >= 11 is 1.43. The maximum absolute atomic E-state index is 11.0. The zero-order valence-corrected chi connectivity index (χ0v) is 7.73. The molecular weight excluding hydrogens is 164 g/mol. The van der Waals surface area contributed by atoms with Gasteiger partial charge in [0.2, 0.25) is 0 Å². The molecule has 11 heavy (non-hydrogen) atoms. The van der Waals surface area contributed by atoms with Crippen LogP contribution in [0.5, 0.6) is 0 Å². The summed E-state index contributed by atoms with van der Waals surface area (Å²) in [5.74, 6) is -0.541. The molecule has 4 heteroatoms. The zero-order chi connectivity index (χ0) is 8.85. The summed E-state index contributed by atoms with van der Waals surface area (Å²) in [6.07, 6.45) is 1.72. The predicted octanol–water partition coefficient (Wildman–Crippen LogP) is 0.870. The molecule has 0 aromatic carbocycles. The van der Waals surface area contributed by atoms with Crippen LogP contribution >= 0.6 is 11.8 Å². The molecule has 0 spiro atoms. The van der Waals surface area contributed by atoms with E-state index in [-0.39, 0.29) is 17.5 Å². The molecule has 0 rings (SSSR count). The van der Waals surface area contributed by atoms with E-state index in [1.165, 1.54) is 18.9 Å². The molecule has 1 unspecified atom stereocenters. The molecular formula is C7H12O3S. The van der Waals surface area contributed by atoms with Crippen molar-refractivity contribution in [2.45, 2.75) is 18.6 Å². The third kappa shape index (κ3) is 4.03. The largest absolute Gasteiger partial charge is 0.469 e. The lowest BCUT2D eigenvalue weighted by Crippen LogP contribution is -2.17. The summed E-state index contributed by atoms with van der Waals surface area (Å²) in [7, 11) is 1.28. The molecule has 0 fully saturated rings. The lowest BCUT2D eigenvalue weighted by Gasteiger charge is -2.04. The average Bonchev–Trinajstić information content (AvgIpc) is 2.02. The first kappa shape index (κ1) is 10.5. The van der Waals surface area contributed by atoms with Gasteiger partial charge >= 0.3 is 5.97 Å².